The number of urea groups is 1. The van der Waals surface area contributed by atoms with Crippen LogP contribution in [0.3, 0.4) is 0 Å². The van der Waals surface area contributed by atoms with Crippen molar-refractivity contribution in [1.29, 1.82) is 0 Å². The lowest BCUT2D eigenvalue weighted by Gasteiger charge is -2.22. The van der Waals surface area contributed by atoms with Crippen LogP contribution in [-0.4, -0.2) is 35.7 Å². The number of hydrogen-bond donors (Lipinski definition) is 2. The first kappa shape index (κ1) is 14.5. The number of hydrogen-bond acceptors (Lipinski definition) is 2. The number of nitrogens with one attached hydrogen (secondary N) is 1. The molecule has 0 fully saturated rings. The highest BCUT2D eigenvalue weighted by Crippen LogP contribution is 2.16. The monoisotopic (exact) mass is 250 g/mol. The molecule has 100 valence electrons. The Morgan fingerprint density at radius 3 is 2.61 bits per heavy atom. The zero-order valence-corrected chi connectivity index (χ0v) is 11.1. The summed E-state index contributed by atoms with van der Waals surface area (Å²) in [6.07, 6.45) is 1.76. The van der Waals surface area contributed by atoms with E-state index in [-0.39, 0.29) is 12.6 Å². The first-order valence-corrected chi connectivity index (χ1v) is 6.47. The average Bonchev–Trinajstić information content (AvgIpc) is 2.39. The van der Waals surface area contributed by atoms with Gasteiger partial charge in [-0.05, 0) is 24.5 Å². The van der Waals surface area contributed by atoms with Gasteiger partial charge in [-0.15, -0.1) is 0 Å². The number of amides is 2. The van der Waals surface area contributed by atoms with Crippen molar-refractivity contribution >= 4 is 11.7 Å². The van der Waals surface area contributed by atoms with Crippen molar-refractivity contribution < 1.29 is 9.90 Å². The van der Waals surface area contributed by atoms with Gasteiger partial charge in [-0.2, -0.15) is 0 Å². The maximum atomic E-state index is 12.1. The Hall–Kier alpha value is -1.55. The van der Waals surface area contributed by atoms with Crippen molar-refractivity contribution in [3.05, 3.63) is 29.8 Å². The van der Waals surface area contributed by atoms with Crippen molar-refractivity contribution in [2.24, 2.45) is 0 Å². The highest BCUT2D eigenvalue weighted by molar-refractivity contribution is 5.90. The minimum absolute atomic E-state index is 0.0111. The lowest BCUT2D eigenvalue weighted by atomic mass is 10.1. The molecule has 0 aliphatic heterocycles. The summed E-state index contributed by atoms with van der Waals surface area (Å²) in [6.45, 7) is 5.08. The second-order valence-electron chi connectivity index (χ2n) is 4.15. The lowest BCUT2D eigenvalue weighted by molar-refractivity contribution is 0.188. The van der Waals surface area contributed by atoms with Crippen molar-refractivity contribution in [3.63, 3.8) is 0 Å². The molecule has 1 aromatic rings. The molecule has 4 heteroatoms. The number of benzene rings is 1. The first-order valence-electron chi connectivity index (χ1n) is 6.47. The van der Waals surface area contributed by atoms with Gasteiger partial charge in [0.1, 0.15) is 0 Å². The summed E-state index contributed by atoms with van der Waals surface area (Å²) in [4.78, 5) is 13.7. The van der Waals surface area contributed by atoms with E-state index in [2.05, 4.69) is 12.2 Å². The zero-order valence-electron chi connectivity index (χ0n) is 11.1. The van der Waals surface area contributed by atoms with E-state index in [0.717, 1.165) is 24.1 Å². The van der Waals surface area contributed by atoms with E-state index in [9.17, 15) is 4.79 Å². The summed E-state index contributed by atoms with van der Waals surface area (Å²) >= 11 is 0. The Kier molecular flexibility index (Phi) is 6.22. The molecule has 0 atom stereocenters. The number of anilines is 1. The van der Waals surface area contributed by atoms with Gasteiger partial charge in [0.25, 0.3) is 0 Å². The number of aliphatic hydroxyl groups is 1. The molecule has 2 amide bonds. The van der Waals surface area contributed by atoms with Crippen LogP contribution in [-0.2, 0) is 6.42 Å². The minimum atomic E-state index is -0.146. The molecule has 0 unspecified atom stereocenters. The number of aryl methyl sites for hydroxylation is 1. The molecule has 0 spiro atoms. The van der Waals surface area contributed by atoms with Crippen LogP contribution in [0, 0.1) is 0 Å². The maximum Gasteiger partial charge on any atom is 0.321 e. The van der Waals surface area contributed by atoms with Crippen molar-refractivity contribution in [1.82, 2.24) is 4.90 Å². The molecule has 0 saturated carbocycles. The largest absolute Gasteiger partial charge is 0.395 e. The first-order chi connectivity index (χ1) is 8.72. The van der Waals surface area contributed by atoms with Crippen molar-refractivity contribution in [2.75, 3.05) is 25.0 Å². The summed E-state index contributed by atoms with van der Waals surface area (Å²) in [5.41, 5.74) is 1.97. The van der Waals surface area contributed by atoms with Crippen LogP contribution in [0.1, 0.15) is 25.8 Å². The third kappa shape index (κ3) is 4.04. The fourth-order valence-corrected chi connectivity index (χ4v) is 1.85. The van der Waals surface area contributed by atoms with Crippen LogP contribution >= 0.6 is 0 Å². The Bertz CT molecular complexity index is 374. The van der Waals surface area contributed by atoms with Gasteiger partial charge in [-0.25, -0.2) is 4.79 Å². The van der Waals surface area contributed by atoms with Gasteiger partial charge < -0.3 is 15.3 Å². The van der Waals surface area contributed by atoms with Gasteiger partial charge in [-0.1, -0.05) is 32.0 Å². The minimum Gasteiger partial charge on any atom is -0.395 e. The summed E-state index contributed by atoms with van der Waals surface area (Å²) in [5, 5.41) is 11.9. The summed E-state index contributed by atoms with van der Waals surface area (Å²) < 4.78 is 0. The number of aliphatic hydroxyl groups excluding tert-OH is 1. The predicted octanol–water partition coefficient (Wildman–Crippen LogP) is 2.49. The van der Waals surface area contributed by atoms with Crippen LogP contribution in [0.5, 0.6) is 0 Å². The molecule has 18 heavy (non-hydrogen) atoms. The molecule has 0 bridgehead atoms. The van der Waals surface area contributed by atoms with Crippen molar-refractivity contribution in [2.45, 2.75) is 26.7 Å². The Morgan fingerprint density at radius 2 is 2.00 bits per heavy atom. The lowest BCUT2D eigenvalue weighted by Crippen LogP contribution is -2.37. The van der Waals surface area contributed by atoms with Gasteiger partial charge in [0, 0.05) is 18.8 Å². The van der Waals surface area contributed by atoms with Gasteiger partial charge >= 0.3 is 6.03 Å². The van der Waals surface area contributed by atoms with E-state index < -0.39 is 0 Å². The average molecular weight is 250 g/mol. The number of para-hydroxylation sites is 1. The molecule has 4 nitrogen and oxygen atoms in total. The van der Waals surface area contributed by atoms with Crippen LogP contribution in [0.4, 0.5) is 10.5 Å². The Morgan fingerprint density at radius 1 is 1.28 bits per heavy atom. The molecule has 0 aliphatic rings. The Labute approximate surface area is 109 Å². The number of nitrogens with zero attached hydrogens (tertiary/aromatic N) is 1. The van der Waals surface area contributed by atoms with Gasteiger partial charge in [0.05, 0.1) is 6.61 Å². The molecular weight excluding hydrogens is 228 g/mol. The van der Waals surface area contributed by atoms with Crippen molar-refractivity contribution in [3.8, 4) is 0 Å². The quantitative estimate of drug-likeness (QED) is 0.815. The SMILES string of the molecule is CCCN(CCO)C(=O)Nc1ccccc1CC. The molecular formula is C14H22N2O2. The molecule has 0 radical (unpaired) electrons. The van der Waals surface area contributed by atoms with Crippen LogP contribution in [0.2, 0.25) is 0 Å². The van der Waals surface area contributed by atoms with Crippen LogP contribution < -0.4 is 5.32 Å². The third-order valence-electron chi connectivity index (χ3n) is 2.79. The topological polar surface area (TPSA) is 52.6 Å². The predicted molar refractivity (Wildman–Crippen MR) is 73.8 cm³/mol. The third-order valence-corrected chi connectivity index (χ3v) is 2.79. The van der Waals surface area contributed by atoms with E-state index in [1.807, 2.05) is 31.2 Å². The highest BCUT2D eigenvalue weighted by Gasteiger charge is 2.12. The fourth-order valence-electron chi connectivity index (χ4n) is 1.85. The van der Waals surface area contributed by atoms with E-state index in [1.54, 1.807) is 4.90 Å². The fraction of sp³-hybridized carbons (Fsp3) is 0.500. The molecule has 0 heterocycles. The molecule has 0 aromatic heterocycles. The Balaban J connectivity index is 2.72. The second kappa shape index (κ2) is 7.71. The number of carbonyl (C=O) groups is 1. The van der Waals surface area contributed by atoms with E-state index in [0.29, 0.717) is 13.1 Å². The summed E-state index contributed by atoms with van der Waals surface area (Å²) in [7, 11) is 0. The zero-order chi connectivity index (χ0) is 13.4. The maximum absolute atomic E-state index is 12.1. The second-order valence-corrected chi connectivity index (χ2v) is 4.15. The van der Waals surface area contributed by atoms with E-state index in [4.69, 9.17) is 5.11 Å². The van der Waals surface area contributed by atoms with Gasteiger partial charge in [-0.3, -0.25) is 0 Å². The normalized spacial score (nSPS) is 10.2. The molecule has 0 saturated heterocycles. The molecule has 2 N–H and O–H groups in total. The molecule has 0 aliphatic carbocycles. The number of rotatable bonds is 6. The van der Waals surface area contributed by atoms with E-state index >= 15 is 0 Å². The van der Waals surface area contributed by atoms with E-state index in [1.165, 1.54) is 0 Å². The summed E-state index contributed by atoms with van der Waals surface area (Å²) in [6, 6.07) is 7.63. The van der Waals surface area contributed by atoms with Crippen LogP contribution in [0.25, 0.3) is 0 Å². The smallest absolute Gasteiger partial charge is 0.321 e. The van der Waals surface area contributed by atoms with Gasteiger partial charge in [0.15, 0.2) is 0 Å². The highest BCUT2D eigenvalue weighted by atomic mass is 16.3. The molecule has 1 aromatic carbocycles. The van der Waals surface area contributed by atoms with Crippen LogP contribution in [0.15, 0.2) is 24.3 Å². The molecule has 1 rings (SSSR count). The standard InChI is InChI=1S/C14H22N2O2/c1-3-9-16(10-11-17)14(18)15-13-8-6-5-7-12(13)4-2/h5-8,17H,3-4,9-11H2,1-2H3,(H,15,18). The number of carbonyl (C=O) groups excluding carboxylic acids is 1. The van der Waals surface area contributed by atoms with Gasteiger partial charge in [0.2, 0.25) is 0 Å². The summed E-state index contributed by atoms with van der Waals surface area (Å²) in [5.74, 6) is 0.